The Kier molecular flexibility index (Phi) is 8.34. The molecule has 0 saturated carbocycles. The van der Waals surface area contributed by atoms with Crippen molar-refractivity contribution in [2.24, 2.45) is 0 Å². The van der Waals surface area contributed by atoms with Crippen molar-refractivity contribution >= 4 is 17.4 Å². The van der Waals surface area contributed by atoms with Gasteiger partial charge in [-0.15, -0.1) is 0 Å². The summed E-state index contributed by atoms with van der Waals surface area (Å²) in [4.78, 5) is 27.7. The summed E-state index contributed by atoms with van der Waals surface area (Å²) in [5.41, 5.74) is 2.22. The Balaban J connectivity index is 2.09. The molecule has 0 bridgehead atoms. The highest BCUT2D eigenvalue weighted by molar-refractivity contribution is 6.46. The fourth-order valence-electron chi connectivity index (χ4n) is 4.01. The summed E-state index contributed by atoms with van der Waals surface area (Å²) in [5.74, 6) is -0.491. The van der Waals surface area contributed by atoms with Gasteiger partial charge in [-0.05, 0) is 51.8 Å². The van der Waals surface area contributed by atoms with E-state index in [1.165, 1.54) is 4.90 Å². The van der Waals surface area contributed by atoms with E-state index in [1.807, 2.05) is 39.8 Å². The third kappa shape index (κ3) is 5.42. The zero-order valence-electron chi connectivity index (χ0n) is 20.5. The molecule has 1 aliphatic rings. The van der Waals surface area contributed by atoms with Crippen LogP contribution in [0.25, 0.3) is 5.76 Å². The maximum atomic E-state index is 13.2. The van der Waals surface area contributed by atoms with Gasteiger partial charge in [-0.2, -0.15) is 0 Å². The van der Waals surface area contributed by atoms with Crippen molar-refractivity contribution < 1.29 is 28.9 Å². The SMILES string of the molecule is CCOc1cc(C2/C(=C(/O)c3ccc(C)cc3)C(=O)C(=O)N2CCCOC(C)C)ccc1OC. The van der Waals surface area contributed by atoms with Gasteiger partial charge in [0.15, 0.2) is 11.5 Å². The van der Waals surface area contributed by atoms with E-state index in [2.05, 4.69) is 0 Å². The average Bonchev–Trinajstić information content (AvgIpc) is 3.07. The fourth-order valence-corrected chi connectivity index (χ4v) is 4.01. The molecule has 3 rings (SSSR count). The Morgan fingerprint density at radius 1 is 1.09 bits per heavy atom. The van der Waals surface area contributed by atoms with Crippen LogP contribution in [0.4, 0.5) is 0 Å². The van der Waals surface area contributed by atoms with E-state index < -0.39 is 17.7 Å². The molecule has 1 heterocycles. The standard InChI is InChI=1S/C27H33NO6/c1-6-33-22-16-20(12-13-21(22)32-5)24-23(25(29)19-10-8-18(4)9-11-19)26(30)27(31)28(24)14-7-15-34-17(2)3/h8-13,16-17,24,29H,6-7,14-15H2,1-5H3/b25-23-. The van der Waals surface area contributed by atoms with Gasteiger partial charge in [0.2, 0.25) is 0 Å². The highest BCUT2D eigenvalue weighted by Gasteiger charge is 2.46. The van der Waals surface area contributed by atoms with Crippen molar-refractivity contribution in [2.45, 2.75) is 46.3 Å². The molecule has 0 aliphatic carbocycles. The Morgan fingerprint density at radius 2 is 1.79 bits per heavy atom. The van der Waals surface area contributed by atoms with Gasteiger partial charge in [0, 0.05) is 18.7 Å². The van der Waals surface area contributed by atoms with Crippen LogP contribution >= 0.6 is 0 Å². The lowest BCUT2D eigenvalue weighted by atomic mass is 9.94. The van der Waals surface area contributed by atoms with E-state index in [4.69, 9.17) is 14.2 Å². The predicted octanol–water partition coefficient (Wildman–Crippen LogP) is 4.64. The number of benzene rings is 2. The maximum absolute atomic E-state index is 13.2. The van der Waals surface area contributed by atoms with Gasteiger partial charge < -0.3 is 24.2 Å². The predicted molar refractivity (Wildman–Crippen MR) is 130 cm³/mol. The quantitative estimate of drug-likeness (QED) is 0.237. The van der Waals surface area contributed by atoms with E-state index in [1.54, 1.807) is 37.4 Å². The number of rotatable bonds is 10. The summed E-state index contributed by atoms with van der Waals surface area (Å²) in [6, 6.07) is 11.7. The Hall–Kier alpha value is -3.32. The van der Waals surface area contributed by atoms with Gasteiger partial charge in [0.05, 0.1) is 31.4 Å². The van der Waals surface area contributed by atoms with Gasteiger partial charge in [-0.1, -0.05) is 35.9 Å². The third-order valence-electron chi connectivity index (χ3n) is 5.66. The van der Waals surface area contributed by atoms with E-state index in [9.17, 15) is 14.7 Å². The average molecular weight is 468 g/mol. The number of hydrogen-bond acceptors (Lipinski definition) is 6. The molecule has 1 aliphatic heterocycles. The van der Waals surface area contributed by atoms with Crippen molar-refractivity contribution in [2.75, 3.05) is 26.9 Å². The summed E-state index contributed by atoms with van der Waals surface area (Å²) in [6.45, 7) is 8.89. The largest absolute Gasteiger partial charge is 0.507 e. The molecule has 0 spiro atoms. The number of ketones is 1. The summed E-state index contributed by atoms with van der Waals surface area (Å²) < 4.78 is 16.7. The Bertz CT molecular complexity index is 1060. The maximum Gasteiger partial charge on any atom is 0.295 e. The molecule has 7 nitrogen and oxygen atoms in total. The molecule has 1 N–H and O–H groups in total. The van der Waals surface area contributed by atoms with Crippen molar-refractivity contribution in [3.05, 3.63) is 64.7 Å². The number of aryl methyl sites for hydroxylation is 1. The van der Waals surface area contributed by atoms with E-state index >= 15 is 0 Å². The first kappa shape index (κ1) is 25.3. The number of carbonyl (C=O) groups is 2. The van der Waals surface area contributed by atoms with Crippen LogP contribution in [0.1, 0.15) is 49.9 Å². The number of amides is 1. The van der Waals surface area contributed by atoms with Crippen molar-refractivity contribution in [1.29, 1.82) is 0 Å². The van der Waals surface area contributed by atoms with Gasteiger partial charge in [0.1, 0.15) is 5.76 Å². The first-order chi connectivity index (χ1) is 16.3. The number of nitrogens with zero attached hydrogens (tertiary/aromatic N) is 1. The number of aliphatic hydroxyl groups is 1. The second-order valence-electron chi connectivity index (χ2n) is 8.47. The normalized spacial score (nSPS) is 17.5. The molecule has 34 heavy (non-hydrogen) atoms. The molecule has 182 valence electrons. The molecule has 1 amide bonds. The molecular weight excluding hydrogens is 434 g/mol. The van der Waals surface area contributed by atoms with Gasteiger partial charge in [0.25, 0.3) is 11.7 Å². The molecule has 1 atom stereocenters. The van der Waals surface area contributed by atoms with E-state index in [0.29, 0.717) is 48.8 Å². The Morgan fingerprint density at radius 3 is 2.41 bits per heavy atom. The topological polar surface area (TPSA) is 85.3 Å². The summed E-state index contributed by atoms with van der Waals surface area (Å²) in [5, 5.41) is 11.2. The number of Topliss-reactive ketones (excluding diaryl/α,β-unsaturated/α-hetero) is 1. The molecule has 1 fully saturated rings. The highest BCUT2D eigenvalue weighted by atomic mass is 16.5. The highest BCUT2D eigenvalue weighted by Crippen LogP contribution is 2.42. The van der Waals surface area contributed by atoms with Crippen LogP contribution in [0.3, 0.4) is 0 Å². The minimum atomic E-state index is -0.759. The van der Waals surface area contributed by atoms with E-state index in [0.717, 1.165) is 5.56 Å². The van der Waals surface area contributed by atoms with Crippen molar-refractivity contribution in [1.82, 2.24) is 4.90 Å². The molecule has 0 radical (unpaired) electrons. The first-order valence-corrected chi connectivity index (χ1v) is 11.6. The smallest absolute Gasteiger partial charge is 0.295 e. The molecule has 2 aromatic rings. The lowest BCUT2D eigenvalue weighted by Gasteiger charge is -2.26. The van der Waals surface area contributed by atoms with Gasteiger partial charge in [-0.3, -0.25) is 9.59 Å². The van der Waals surface area contributed by atoms with Crippen LogP contribution < -0.4 is 9.47 Å². The number of hydrogen-bond donors (Lipinski definition) is 1. The van der Waals surface area contributed by atoms with Crippen molar-refractivity contribution in [3.63, 3.8) is 0 Å². The number of aliphatic hydroxyl groups excluding tert-OH is 1. The molecule has 2 aromatic carbocycles. The zero-order chi connectivity index (χ0) is 24.8. The monoisotopic (exact) mass is 467 g/mol. The number of likely N-dealkylation sites (tertiary alicyclic amines) is 1. The molecule has 7 heteroatoms. The number of methoxy groups -OCH3 is 1. The minimum absolute atomic E-state index is 0.0613. The van der Waals surface area contributed by atoms with Crippen LogP contribution in [0.2, 0.25) is 0 Å². The number of carbonyl (C=O) groups excluding carboxylic acids is 2. The Labute approximate surface area is 200 Å². The van der Waals surface area contributed by atoms with Crippen LogP contribution in [-0.4, -0.2) is 54.7 Å². The summed E-state index contributed by atoms with van der Waals surface area (Å²) >= 11 is 0. The molecular formula is C27H33NO6. The fraction of sp³-hybridized carbons (Fsp3) is 0.407. The van der Waals surface area contributed by atoms with Gasteiger partial charge >= 0.3 is 0 Å². The number of ether oxygens (including phenoxy) is 3. The third-order valence-corrected chi connectivity index (χ3v) is 5.66. The lowest BCUT2D eigenvalue weighted by molar-refractivity contribution is -0.140. The summed E-state index contributed by atoms with van der Waals surface area (Å²) in [7, 11) is 1.55. The lowest BCUT2D eigenvalue weighted by Crippen LogP contribution is -2.31. The molecule has 0 aromatic heterocycles. The zero-order valence-corrected chi connectivity index (χ0v) is 20.5. The van der Waals surface area contributed by atoms with Gasteiger partial charge in [-0.25, -0.2) is 0 Å². The minimum Gasteiger partial charge on any atom is -0.507 e. The van der Waals surface area contributed by atoms with Crippen LogP contribution in [0.5, 0.6) is 11.5 Å². The second kappa shape index (κ2) is 11.2. The van der Waals surface area contributed by atoms with E-state index in [-0.39, 0.29) is 17.4 Å². The first-order valence-electron chi connectivity index (χ1n) is 11.6. The molecule has 1 saturated heterocycles. The molecule has 1 unspecified atom stereocenters. The van der Waals surface area contributed by atoms with Crippen LogP contribution in [0.15, 0.2) is 48.0 Å². The second-order valence-corrected chi connectivity index (χ2v) is 8.47. The van der Waals surface area contributed by atoms with Crippen molar-refractivity contribution in [3.8, 4) is 11.5 Å². The van der Waals surface area contributed by atoms with Crippen LogP contribution in [-0.2, 0) is 14.3 Å². The van der Waals surface area contributed by atoms with Crippen LogP contribution in [0, 0.1) is 6.92 Å². The summed E-state index contributed by atoms with van der Waals surface area (Å²) in [6.07, 6.45) is 0.629.